The number of phenolic OH excluding ortho intramolecular Hbond substituents is 1. The summed E-state index contributed by atoms with van der Waals surface area (Å²) in [4.78, 5) is 38.2. The van der Waals surface area contributed by atoms with Gasteiger partial charge in [-0.05, 0) is 54.9 Å². The zero-order chi connectivity index (χ0) is 20.4. The highest BCUT2D eigenvalue weighted by molar-refractivity contribution is 8.18. The van der Waals surface area contributed by atoms with Crippen LogP contribution < -0.4 is 0 Å². The van der Waals surface area contributed by atoms with Crippen LogP contribution in [0.25, 0.3) is 6.08 Å². The molecule has 7 heteroatoms. The number of aromatic hydroxyl groups is 1. The van der Waals surface area contributed by atoms with Gasteiger partial charge in [0.05, 0.1) is 18.6 Å². The van der Waals surface area contributed by atoms with Crippen LogP contribution in [0.4, 0.5) is 4.79 Å². The Morgan fingerprint density at radius 2 is 1.82 bits per heavy atom. The number of carbonyl (C=O) groups is 3. The minimum Gasteiger partial charge on any atom is -0.507 e. The van der Waals surface area contributed by atoms with Crippen molar-refractivity contribution in [2.24, 2.45) is 0 Å². The van der Waals surface area contributed by atoms with E-state index in [0.717, 1.165) is 28.5 Å². The largest absolute Gasteiger partial charge is 0.507 e. The number of esters is 1. The zero-order valence-corrected chi connectivity index (χ0v) is 16.5. The van der Waals surface area contributed by atoms with Crippen LogP contribution >= 0.6 is 11.8 Å². The topological polar surface area (TPSA) is 83.9 Å². The average molecular weight is 397 g/mol. The van der Waals surface area contributed by atoms with Gasteiger partial charge in [-0.15, -0.1) is 0 Å². The van der Waals surface area contributed by atoms with Crippen LogP contribution in [0.5, 0.6) is 5.75 Å². The predicted octanol–water partition coefficient (Wildman–Crippen LogP) is 4.03. The zero-order valence-electron chi connectivity index (χ0n) is 15.7. The Morgan fingerprint density at radius 1 is 1.14 bits per heavy atom. The van der Waals surface area contributed by atoms with E-state index in [1.54, 1.807) is 6.07 Å². The third-order valence-corrected chi connectivity index (χ3v) is 5.13. The molecule has 2 aromatic carbocycles. The molecule has 1 aliphatic rings. The van der Waals surface area contributed by atoms with Crippen LogP contribution in [-0.2, 0) is 16.1 Å². The average Bonchev–Trinajstić information content (AvgIpc) is 2.89. The van der Waals surface area contributed by atoms with E-state index >= 15 is 0 Å². The summed E-state index contributed by atoms with van der Waals surface area (Å²) in [6.07, 6.45) is 1.53. The third kappa shape index (κ3) is 4.09. The van der Waals surface area contributed by atoms with Gasteiger partial charge >= 0.3 is 5.97 Å². The van der Waals surface area contributed by atoms with E-state index in [4.69, 9.17) is 0 Å². The van der Waals surface area contributed by atoms with Gasteiger partial charge in [0.25, 0.3) is 11.1 Å². The number of hydrogen-bond acceptors (Lipinski definition) is 6. The molecular formula is C21H19NO5S. The summed E-state index contributed by atoms with van der Waals surface area (Å²) < 4.78 is 4.63. The van der Waals surface area contributed by atoms with E-state index < -0.39 is 5.97 Å². The second kappa shape index (κ2) is 7.90. The molecule has 0 saturated carbocycles. The first-order valence-corrected chi connectivity index (χ1v) is 9.34. The Labute approximate surface area is 166 Å². The first-order valence-electron chi connectivity index (χ1n) is 8.52. The fourth-order valence-corrected chi connectivity index (χ4v) is 3.89. The summed E-state index contributed by atoms with van der Waals surface area (Å²) in [6, 6.07) is 10.2. The number of hydrogen-bond donors (Lipinski definition) is 1. The van der Waals surface area contributed by atoms with E-state index in [1.807, 2.05) is 32.0 Å². The number of phenols is 1. The molecule has 6 nitrogen and oxygen atoms in total. The van der Waals surface area contributed by atoms with Crippen LogP contribution in [0.15, 0.2) is 41.3 Å². The number of imide groups is 1. The Hall–Kier alpha value is -3.06. The van der Waals surface area contributed by atoms with E-state index in [0.29, 0.717) is 5.56 Å². The highest BCUT2D eigenvalue weighted by Crippen LogP contribution is 2.34. The Bertz CT molecular complexity index is 992. The summed E-state index contributed by atoms with van der Waals surface area (Å²) in [5.74, 6) is -1.29. The van der Waals surface area contributed by atoms with E-state index in [1.165, 1.54) is 30.2 Å². The number of carbonyl (C=O) groups excluding carboxylic acids is 3. The maximum Gasteiger partial charge on any atom is 0.341 e. The molecule has 144 valence electrons. The van der Waals surface area contributed by atoms with Crippen molar-refractivity contribution in [1.29, 1.82) is 0 Å². The van der Waals surface area contributed by atoms with E-state index in [-0.39, 0.29) is 33.9 Å². The monoisotopic (exact) mass is 397 g/mol. The molecule has 2 aromatic rings. The lowest BCUT2D eigenvalue weighted by Gasteiger charge is -2.13. The van der Waals surface area contributed by atoms with Crippen LogP contribution in [0.2, 0.25) is 0 Å². The predicted molar refractivity (Wildman–Crippen MR) is 107 cm³/mol. The number of aryl methyl sites for hydroxylation is 2. The lowest BCUT2D eigenvalue weighted by atomic mass is 10.1. The van der Waals surface area contributed by atoms with Gasteiger partial charge in [-0.2, -0.15) is 0 Å². The maximum atomic E-state index is 12.7. The van der Waals surface area contributed by atoms with Crippen molar-refractivity contribution >= 4 is 35.0 Å². The van der Waals surface area contributed by atoms with Crippen LogP contribution in [0, 0.1) is 13.8 Å². The number of amides is 2. The Balaban J connectivity index is 1.86. The maximum absolute atomic E-state index is 12.7. The van der Waals surface area contributed by atoms with Crippen molar-refractivity contribution in [1.82, 2.24) is 4.90 Å². The molecule has 1 aliphatic heterocycles. The number of rotatable bonds is 4. The number of thioether (sulfide) groups is 1. The van der Waals surface area contributed by atoms with Gasteiger partial charge in [0.1, 0.15) is 11.3 Å². The van der Waals surface area contributed by atoms with Gasteiger partial charge in [0, 0.05) is 0 Å². The molecule has 0 aromatic heterocycles. The molecule has 3 rings (SSSR count). The lowest BCUT2D eigenvalue weighted by Crippen LogP contribution is -2.27. The van der Waals surface area contributed by atoms with Gasteiger partial charge in [-0.1, -0.05) is 35.4 Å². The van der Waals surface area contributed by atoms with Crippen molar-refractivity contribution < 1.29 is 24.2 Å². The second-order valence-corrected chi connectivity index (χ2v) is 7.53. The first kappa shape index (κ1) is 19.7. The number of ether oxygens (including phenoxy) is 1. The molecule has 1 fully saturated rings. The SMILES string of the molecule is COC(=O)c1cc(/C=C2/SC(=O)N(Cc3cc(C)cc(C)c3)C2=O)ccc1O. The van der Waals surface area contributed by atoms with Crippen LogP contribution in [0.3, 0.4) is 0 Å². The van der Waals surface area contributed by atoms with Gasteiger partial charge in [-0.3, -0.25) is 14.5 Å². The molecule has 1 saturated heterocycles. The summed E-state index contributed by atoms with van der Waals surface area (Å²) in [6.45, 7) is 4.13. The first-order chi connectivity index (χ1) is 13.3. The summed E-state index contributed by atoms with van der Waals surface area (Å²) in [5.41, 5.74) is 3.52. The fraction of sp³-hybridized carbons (Fsp3) is 0.190. The van der Waals surface area contributed by atoms with Crippen molar-refractivity contribution in [3.63, 3.8) is 0 Å². The summed E-state index contributed by atoms with van der Waals surface area (Å²) in [5, 5.41) is 9.44. The lowest BCUT2D eigenvalue weighted by molar-refractivity contribution is -0.123. The number of nitrogens with zero attached hydrogens (tertiary/aromatic N) is 1. The third-order valence-electron chi connectivity index (χ3n) is 4.22. The van der Waals surface area contributed by atoms with Crippen molar-refractivity contribution in [3.05, 3.63) is 69.1 Å². The highest BCUT2D eigenvalue weighted by Gasteiger charge is 2.35. The molecule has 0 bridgehead atoms. The Kier molecular flexibility index (Phi) is 5.56. The van der Waals surface area contributed by atoms with E-state index in [9.17, 15) is 19.5 Å². The molecule has 28 heavy (non-hydrogen) atoms. The molecule has 0 aliphatic carbocycles. The minimum atomic E-state index is -0.685. The molecule has 0 atom stereocenters. The van der Waals surface area contributed by atoms with Gasteiger partial charge in [0.2, 0.25) is 0 Å². The molecule has 2 amide bonds. The number of benzene rings is 2. The molecule has 1 N–H and O–H groups in total. The van der Waals surface area contributed by atoms with Gasteiger partial charge in [-0.25, -0.2) is 4.79 Å². The van der Waals surface area contributed by atoms with Crippen molar-refractivity contribution in [2.45, 2.75) is 20.4 Å². The van der Waals surface area contributed by atoms with E-state index in [2.05, 4.69) is 4.74 Å². The molecule has 1 heterocycles. The highest BCUT2D eigenvalue weighted by atomic mass is 32.2. The molecule has 0 radical (unpaired) electrons. The summed E-state index contributed by atoms with van der Waals surface area (Å²) in [7, 11) is 1.22. The molecular weight excluding hydrogens is 378 g/mol. The van der Waals surface area contributed by atoms with Gasteiger partial charge < -0.3 is 9.84 Å². The van der Waals surface area contributed by atoms with Crippen LogP contribution in [0.1, 0.15) is 32.6 Å². The second-order valence-electron chi connectivity index (χ2n) is 6.53. The quantitative estimate of drug-likeness (QED) is 0.619. The fourth-order valence-electron chi connectivity index (χ4n) is 3.05. The normalized spacial score (nSPS) is 15.4. The van der Waals surface area contributed by atoms with Crippen LogP contribution in [-0.4, -0.2) is 34.2 Å². The van der Waals surface area contributed by atoms with Crippen molar-refractivity contribution in [2.75, 3.05) is 7.11 Å². The number of methoxy groups -OCH3 is 1. The standard InChI is InChI=1S/C21H19NO5S/c1-12-6-13(2)8-15(7-12)11-22-19(24)18(28-21(22)26)10-14-4-5-17(23)16(9-14)20(25)27-3/h4-10,23H,11H2,1-3H3/b18-10+. The van der Waals surface area contributed by atoms with Gasteiger partial charge in [0.15, 0.2) is 0 Å². The molecule has 0 spiro atoms. The molecule has 0 unspecified atom stereocenters. The minimum absolute atomic E-state index is 0.00860. The Morgan fingerprint density at radius 3 is 2.46 bits per heavy atom. The summed E-state index contributed by atoms with van der Waals surface area (Å²) >= 11 is 0.848. The smallest absolute Gasteiger partial charge is 0.341 e. The van der Waals surface area contributed by atoms with Crippen molar-refractivity contribution in [3.8, 4) is 5.75 Å².